The van der Waals surface area contributed by atoms with Gasteiger partial charge in [0, 0.05) is 17.8 Å². The number of rotatable bonds is 4. The third-order valence-corrected chi connectivity index (χ3v) is 3.69. The van der Waals surface area contributed by atoms with E-state index in [4.69, 9.17) is 0 Å². The lowest BCUT2D eigenvalue weighted by Gasteiger charge is -2.22. The monoisotopic (exact) mass is 185 g/mol. The molecule has 1 N–H and O–H groups in total. The Balaban J connectivity index is 2.08. The summed E-state index contributed by atoms with van der Waals surface area (Å²) in [5.41, 5.74) is 0. The first-order valence-corrected chi connectivity index (χ1v) is 5.85. The molecule has 70 valence electrons. The molecule has 0 radical (unpaired) electrons. The Morgan fingerprint density at radius 1 is 1.67 bits per heavy atom. The van der Waals surface area contributed by atoms with Gasteiger partial charge in [0.15, 0.2) is 0 Å². The molecule has 0 aromatic carbocycles. The Morgan fingerprint density at radius 3 is 3.08 bits per heavy atom. The zero-order chi connectivity index (χ0) is 8.81. The minimum absolute atomic E-state index is 0.465. The van der Waals surface area contributed by atoms with Gasteiger partial charge in [0.2, 0.25) is 0 Å². The topological polar surface area (TPSA) is 12.0 Å². The minimum atomic E-state index is 0.465. The van der Waals surface area contributed by atoms with Crippen molar-refractivity contribution < 1.29 is 0 Å². The first kappa shape index (κ1) is 10.1. The molecule has 0 aromatic heterocycles. The first-order valence-electron chi connectivity index (χ1n) is 4.80. The van der Waals surface area contributed by atoms with Crippen LogP contribution in [0.4, 0.5) is 0 Å². The van der Waals surface area contributed by atoms with Gasteiger partial charge in [-0.05, 0) is 25.5 Å². The van der Waals surface area contributed by atoms with E-state index < -0.39 is 0 Å². The normalized spacial score (nSPS) is 26.6. The van der Waals surface area contributed by atoms with Crippen molar-refractivity contribution in [3.63, 3.8) is 0 Å². The Hall–Kier alpha value is 0.0500. The maximum Gasteiger partial charge on any atom is 0.0219 e. The summed E-state index contributed by atoms with van der Waals surface area (Å²) in [6.45, 7) is 7.06. The number of hydrogen-bond acceptors (Lipinski definition) is 2. The second-order valence-corrected chi connectivity index (χ2v) is 4.83. The third kappa shape index (κ3) is 3.63. The predicted molar refractivity (Wildman–Crippen MR) is 57.8 cm³/mol. The fourth-order valence-corrected chi connectivity index (χ4v) is 2.62. The Kier molecular flexibility index (Phi) is 4.77. The molecule has 1 heterocycles. The molecule has 2 atom stereocenters. The number of thioether (sulfide) groups is 1. The molecule has 0 spiro atoms. The number of nitrogens with one attached hydrogen (secondary N) is 1. The summed E-state index contributed by atoms with van der Waals surface area (Å²) >= 11 is 2.12. The van der Waals surface area contributed by atoms with E-state index >= 15 is 0 Å². The highest BCUT2D eigenvalue weighted by Crippen LogP contribution is 2.24. The standard InChI is InChI=1S/C10H19NS/c1-3-9(2)11-8-10-6-4-5-7-12-10/h3,9-11H,1,4-8H2,2H3. The zero-order valence-electron chi connectivity index (χ0n) is 7.88. The molecule has 2 heteroatoms. The second-order valence-electron chi connectivity index (χ2n) is 3.42. The highest BCUT2D eigenvalue weighted by atomic mass is 32.2. The SMILES string of the molecule is C=CC(C)NCC1CCCCS1. The maximum absolute atomic E-state index is 3.76. The molecule has 1 fully saturated rings. The lowest BCUT2D eigenvalue weighted by molar-refractivity contribution is 0.573. The molecule has 1 aliphatic rings. The molecule has 1 saturated heterocycles. The van der Waals surface area contributed by atoms with E-state index in [0.717, 1.165) is 11.8 Å². The maximum atomic E-state index is 3.76. The van der Waals surface area contributed by atoms with Crippen LogP contribution in [0.2, 0.25) is 0 Å². The van der Waals surface area contributed by atoms with E-state index in [-0.39, 0.29) is 0 Å². The third-order valence-electron chi connectivity index (χ3n) is 2.30. The first-order chi connectivity index (χ1) is 5.83. The minimum Gasteiger partial charge on any atom is -0.310 e. The van der Waals surface area contributed by atoms with E-state index in [0.29, 0.717) is 6.04 Å². The highest BCUT2D eigenvalue weighted by Gasteiger charge is 2.13. The van der Waals surface area contributed by atoms with Gasteiger partial charge in [0.25, 0.3) is 0 Å². The Labute approximate surface area is 80.0 Å². The average Bonchev–Trinajstić information content (AvgIpc) is 2.16. The lowest BCUT2D eigenvalue weighted by Crippen LogP contribution is -2.32. The summed E-state index contributed by atoms with van der Waals surface area (Å²) in [4.78, 5) is 0. The summed E-state index contributed by atoms with van der Waals surface area (Å²) < 4.78 is 0. The van der Waals surface area contributed by atoms with Gasteiger partial charge in [-0.2, -0.15) is 11.8 Å². The van der Waals surface area contributed by atoms with Crippen LogP contribution in [0.25, 0.3) is 0 Å². The van der Waals surface area contributed by atoms with Crippen molar-refractivity contribution in [2.75, 3.05) is 12.3 Å². The number of hydrogen-bond donors (Lipinski definition) is 1. The fraction of sp³-hybridized carbons (Fsp3) is 0.800. The molecule has 0 bridgehead atoms. The van der Waals surface area contributed by atoms with Crippen LogP contribution in [0, 0.1) is 0 Å². The van der Waals surface area contributed by atoms with Gasteiger partial charge < -0.3 is 5.32 Å². The van der Waals surface area contributed by atoms with Gasteiger partial charge in [0.1, 0.15) is 0 Å². The molecule has 1 rings (SSSR count). The van der Waals surface area contributed by atoms with E-state index in [9.17, 15) is 0 Å². The van der Waals surface area contributed by atoms with Gasteiger partial charge >= 0.3 is 0 Å². The largest absolute Gasteiger partial charge is 0.310 e. The Morgan fingerprint density at radius 2 is 2.50 bits per heavy atom. The van der Waals surface area contributed by atoms with Gasteiger partial charge in [0.05, 0.1) is 0 Å². The molecule has 1 aliphatic heterocycles. The molecule has 2 unspecified atom stereocenters. The van der Waals surface area contributed by atoms with Crippen LogP contribution in [-0.2, 0) is 0 Å². The van der Waals surface area contributed by atoms with E-state index in [2.05, 4.69) is 30.6 Å². The molecule has 0 aliphatic carbocycles. The molecular weight excluding hydrogens is 166 g/mol. The van der Waals surface area contributed by atoms with Gasteiger partial charge in [-0.1, -0.05) is 12.5 Å². The smallest absolute Gasteiger partial charge is 0.0219 e. The van der Waals surface area contributed by atoms with Crippen LogP contribution in [0.5, 0.6) is 0 Å². The summed E-state index contributed by atoms with van der Waals surface area (Å²) in [7, 11) is 0. The van der Waals surface area contributed by atoms with Crippen LogP contribution in [-0.4, -0.2) is 23.6 Å². The van der Waals surface area contributed by atoms with E-state index in [1.165, 1.54) is 25.0 Å². The van der Waals surface area contributed by atoms with Gasteiger partial charge in [-0.15, -0.1) is 6.58 Å². The van der Waals surface area contributed by atoms with E-state index in [1.54, 1.807) is 0 Å². The molecule has 0 aromatic rings. The molecule has 12 heavy (non-hydrogen) atoms. The molecule has 0 saturated carbocycles. The summed E-state index contributed by atoms with van der Waals surface area (Å²) in [5, 5.41) is 4.31. The van der Waals surface area contributed by atoms with Crippen molar-refractivity contribution in [2.45, 2.75) is 37.5 Å². The van der Waals surface area contributed by atoms with Crippen LogP contribution >= 0.6 is 11.8 Å². The quantitative estimate of drug-likeness (QED) is 0.675. The van der Waals surface area contributed by atoms with Crippen LogP contribution in [0.15, 0.2) is 12.7 Å². The summed E-state index contributed by atoms with van der Waals surface area (Å²) in [6, 6.07) is 0.465. The van der Waals surface area contributed by atoms with Crippen LogP contribution in [0.3, 0.4) is 0 Å². The average molecular weight is 185 g/mol. The van der Waals surface area contributed by atoms with Crippen molar-refractivity contribution in [3.05, 3.63) is 12.7 Å². The highest BCUT2D eigenvalue weighted by molar-refractivity contribution is 7.99. The zero-order valence-corrected chi connectivity index (χ0v) is 8.70. The predicted octanol–water partition coefficient (Wildman–Crippen LogP) is 2.44. The van der Waals surface area contributed by atoms with Crippen LogP contribution < -0.4 is 5.32 Å². The van der Waals surface area contributed by atoms with Crippen molar-refractivity contribution in [1.82, 2.24) is 5.32 Å². The van der Waals surface area contributed by atoms with Crippen molar-refractivity contribution in [2.24, 2.45) is 0 Å². The molecular formula is C10H19NS. The van der Waals surface area contributed by atoms with Gasteiger partial charge in [-0.25, -0.2) is 0 Å². The lowest BCUT2D eigenvalue weighted by atomic mass is 10.2. The summed E-state index contributed by atoms with van der Waals surface area (Å²) in [6.07, 6.45) is 6.19. The van der Waals surface area contributed by atoms with Gasteiger partial charge in [-0.3, -0.25) is 0 Å². The second kappa shape index (κ2) is 5.65. The van der Waals surface area contributed by atoms with Crippen molar-refractivity contribution in [3.8, 4) is 0 Å². The molecule has 0 amide bonds. The van der Waals surface area contributed by atoms with E-state index in [1.807, 2.05) is 6.08 Å². The fourth-order valence-electron chi connectivity index (χ4n) is 1.37. The molecule has 1 nitrogen and oxygen atoms in total. The summed E-state index contributed by atoms with van der Waals surface area (Å²) in [5.74, 6) is 1.36. The van der Waals surface area contributed by atoms with Crippen molar-refractivity contribution >= 4 is 11.8 Å². The Bertz CT molecular complexity index is 130. The van der Waals surface area contributed by atoms with Crippen LogP contribution in [0.1, 0.15) is 26.2 Å². The van der Waals surface area contributed by atoms with Crippen molar-refractivity contribution in [1.29, 1.82) is 0 Å².